The van der Waals surface area contributed by atoms with Gasteiger partial charge in [-0.2, -0.15) is 0 Å². The highest BCUT2D eigenvalue weighted by atomic mass is 15.1. The maximum absolute atomic E-state index is 2.47. The first kappa shape index (κ1) is 10.3. The van der Waals surface area contributed by atoms with Gasteiger partial charge in [0.15, 0.2) is 0 Å². The van der Waals surface area contributed by atoms with Crippen LogP contribution in [0.5, 0.6) is 0 Å². The van der Waals surface area contributed by atoms with E-state index in [2.05, 4.69) is 37.1 Å². The second-order valence-corrected chi connectivity index (χ2v) is 5.74. The molecule has 0 saturated carbocycles. The van der Waals surface area contributed by atoms with Crippen LogP contribution in [0.1, 0.15) is 36.0 Å². The summed E-state index contributed by atoms with van der Waals surface area (Å²) in [6.45, 7) is 4.75. The fourth-order valence-electron chi connectivity index (χ4n) is 3.52. The van der Waals surface area contributed by atoms with Crippen LogP contribution in [0, 0.1) is 6.92 Å². The molecule has 1 aromatic rings. The number of piperidine rings is 1. The number of hydrogen-bond donors (Lipinski definition) is 0. The third-order valence-electron chi connectivity index (χ3n) is 4.65. The topological polar surface area (TPSA) is 3.24 Å². The molecule has 0 unspecified atom stereocenters. The van der Waals surface area contributed by atoms with Gasteiger partial charge in [0.2, 0.25) is 0 Å². The summed E-state index contributed by atoms with van der Waals surface area (Å²) < 4.78 is 0. The van der Waals surface area contributed by atoms with Crippen LogP contribution in [0.4, 0.5) is 0 Å². The molecule has 1 spiro atoms. The van der Waals surface area contributed by atoms with Gasteiger partial charge >= 0.3 is 0 Å². The van der Waals surface area contributed by atoms with Gasteiger partial charge in [-0.1, -0.05) is 23.8 Å². The van der Waals surface area contributed by atoms with Crippen molar-refractivity contribution in [2.24, 2.45) is 0 Å². The molecule has 0 atom stereocenters. The average molecular weight is 215 g/mol. The summed E-state index contributed by atoms with van der Waals surface area (Å²) in [6.07, 6.45) is 5.42. The standard InChI is InChI=1S/C15H21N/c1-12-3-4-14-13(11-12)5-6-15(14)7-9-16(2)10-8-15/h3-4,11H,5-10H2,1-2H3. The molecule has 16 heavy (non-hydrogen) atoms. The van der Waals surface area contributed by atoms with Gasteiger partial charge in [-0.15, -0.1) is 0 Å². The van der Waals surface area contributed by atoms with E-state index in [4.69, 9.17) is 0 Å². The zero-order valence-electron chi connectivity index (χ0n) is 10.4. The zero-order chi connectivity index (χ0) is 11.2. The molecule has 2 aliphatic rings. The molecular weight excluding hydrogens is 194 g/mol. The Labute approximate surface area is 98.5 Å². The van der Waals surface area contributed by atoms with E-state index in [1.807, 2.05) is 0 Å². The van der Waals surface area contributed by atoms with Gasteiger partial charge in [-0.25, -0.2) is 0 Å². The average Bonchev–Trinajstić information content (AvgIpc) is 2.62. The monoisotopic (exact) mass is 215 g/mol. The maximum Gasteiger partial charge on any atom is -0.00133 e. The molecule has 0 radical (unpaired) electrons. The van der Waals surface area contributed by atoms with Crippen LogP contribution < -0.4 is 0 Å². The van der Waals surface area contributed by atoms with Crippen LogP contribution >= 0.6 is 0 Å². The molecular formula is C15H21N. The van der Waals surface area contributed by atoms with Crippen molar-refractivity contribution in [3.05, 3.63) is 34.9 Å². The summed E-state index contributed by atoms with van der Waals surface area (Å²) in [5.74, 6) is 0. The van der Waals surface area contributed by atoms with Gasteiger partial charge in [0.1, 0.15) is 0 Å². The summed E-state index contributed by atoms with van der Waals surface area (Å²) >= 11 is 0. The highest BCUT2D eigenvalue weighted by molar-refractivity contribution is 5.42. The Bertz CT molecular complexity index is 400. The van der Waals surface area contributed by atoms with Crippen molar-refractivity contribution < 1.29 is 0 Å². The predicted octanol–water partition coefficient (Wildman–Crippen LogP) is 2.90. The van der Waals surface area contributed by atoms with Crippen molar-refractivity contribution in [2.75, 3.05) is 20.1 Å². The quantitative estimate of drug-likeness (QED) is 0.643. The normalized spacial score (nSPS) is 23.6. The van der Waals surface area contributed by atoms with Gasteiger partial charge in [0, 0.05) is 0 Å². The summed E-state index contributed by atoms with van der Waals surface area (Å²) in [5, 5.41) is 0. The van der Waals surface area contributed by atoms with Gasteiger partial charge in [0.25, 0.3) is 0 Å². The third kappa shape index (κ3) is 1.49. The van der Waals surface area contributed by atoms with E-state index >= 15 is 0 Å². The number of rotatable bonds is 0. The highest BCUT2D eigenvalue weighted by Gasteiger charge is 2.40. The summed E-state index contributed by atoms with van der Waals surface area (Å²) in [7, 11) is 2.25. The molecule has 1 heteroatoms. The van der Waals surface area contributed by atoms with Crippen molar-refractivity contribution >= 4 is 0 Å². The van der Waals surface area contributed by atoms with E-state index in [0.29, 0.717) is 5.41 Å². The Kier molecular flexibility index (Phi) is 2.32. The van der Waals surface area contributed by atoms with Gasteiger partial charge in [0.05, 0.1) is 0 Å². The SMILES string of the molecule is Cc1ccc2c(c1)CCC21CCN(C)CC1. The Morgan fingerprint density at radius 2 is 1.88 bits per heavy atom. The van der Waals surface area contributed by atoms with E-state index in [9.17, 15) is 0 Å². The number of aryl methyl sites for hydroxylation is 2. The second-order valence-electron chi connectivity index (χ2n) is 5.74. The Morgan fingerprint density at radius 1 is 1.12 bits per heavy atom. The molecule has 1 nitrogen and oxygen atoms in total. The fourth-order valence-corrected chi connectivity index (χ4v) is 3.52. The first-order valence-electron chi connectivity index (χ1n) is 6.48. The first-order valence-corrected chi connectivity index (χ1v) is 6.48. The summed E-state index contributed by atoms with van der Waals surface area (Å²) in [4.78, 5) is 2.47. The number of fused-ring (bicyclic) bond motifs is 2. The number of likely N-dealkylation sites (tertiary alicyclic amines) is 1. The van der Waals surface area contributed by atoms with E-state index in [0.717, 1.165) is 0 Å². The molecule has 0 N–H and O–H groups in total. The Balaban J connectivity index is 1.96. The summed E-state index contributed by atoms with van der Waals surface area (Å²) in [6, 6.07) is 7.11. The van der Waals surface area contributed by atoms with Crippen molar-refractivity contribution in [3.8, 4) is 0 Å². The number of hydrogen-bond acceptors (Lipinski definition) is 1. The van der Waals surface area contributed by atoms with Crippen molar-refractivity contribution in [1.82, 2.24) is 4.90 Å². The molecule has 0 aromatic heterocycles. The molecule has 1 heterocycles. The molecule has 0 bridgehead atoms. The lowest BCUT2D eigenvalue weighted by Crippen LogP contribution is -2.39. The lowest BCUT2D eigenvalue weighted by molar-refractivity contribution is 0.187. The molecule has 3 rings (SSSR count). The minimum absolute atomic E-state index is 0.537. The van der Waals surface area contributed by atoms with Gasteiger partial charge < -0.3 is 4.90 Å². The highest BCUT2D eigenvalue weighted by Crippen LogP contribution is 2.46. The summed E-state index contributed by atoms with van der Waals surface area (Å²) in [5.41, 5.74) is 5.26. The smallest absolute Gasteiger partial charge is 0.00133 e. The number of nitrogens with zero attached hydrogens (tertiary/aromatic N) is 1. The first-order chi connectivity index (χ1) is 7.70. The minimum Gasteiger partial charge on any atom is -0.306 e. The minimum atomic E-state index is 0.537. The van der Waals surface area contributed by atoms with Crippen molar-refractivity contribution in [2.45, 2.75) is 38.0 Å². The van der Waals surface area contributed by atoms with E-state index in [-0.39, 0.29) is 0 Å². The van der Waals surface area contributed by atoms with Crippen LogP contribution in [0.2, 0.25) is 0 Å². The van der Waals surface area contributed by atoms with Crippen LogP contribution in [0.15, 0.2) is 18.2 Å². The lowest BCUT2D eigenvalue weighted by atomic mass is 9.74. The Morgan fingerprint density at radius 3 is 2.62 bits per heavy atom. The maximum atomic E-state index is 2.47. The van der Waals surface area contributed by atoms with Gasteiger partial charge in [-0.05, 0) is 69.3 Å². The van der Waals surface area contributed by atoms with Crippen molar-refractivity contribution in [1.29, 1.82) is 0 Å². The number of benzene rings is 1. The fraction of sp³-hybridized carbons (Fsp3) is 0.600. The van der Waals surface area contributed by atoms with Crippen LogP contribution in [0.3, 0.4) is 0 Å². The molecule has 86 valence electrons. The zero-order valence-corrected chi connectivity index (χ0v) is 10.4. The van der Waals surface area contributed by atoms with E-state index in [1.165, 1.54) is 44.3 Å². The van der Waals surface area contributed by atoms with Crippen LogP contribution in [0.25, 0.3) is 0 Å². The second kappa shape index (κ2) is 3.59. The molecule has 1 aromatic carbocycles. The van der Waals surface area contributed by atoms with Crippen molar-refractivity contribution in [3.63, 3.8) is 0 Å². The molecule has 1 fully saturated rings. The molecule has 1 aliphatic heterocycles. The molecule has 1 aliphatic carbocycles. The largest absolute Gasteiger partial charge is 0.306 e. The van der Waals surface area contributed by atoms with E-state index in [1.54, 1.807) is 11.1 Å². The molecule has 1 saturated heterocycles. The van der Waals surface area contributed by atoms with Crippen LogP contribution in [-0.4, -0.2) is 25.0 Å². The van der Waals surface area contributed by atoms with Crippen LogP contribution in [-0.2, 0) is 11.8 Å². The Hall–Kier alpha value is -0.820. The third-order valence-corrected chi connectivity index (χ3v) is 4.65. The van der Waals surface area contributed by atoms with Gasteiger partial charge in [-0.3, -0.25) is 0 Å². The molecule has 0 amide bonds. The predicted molar refractivity (Wildman–Crippen MR) is 67.9 cm³/mol. The lowest BCUT2D eigenvalue weighted by Gasteiger charge is -2.38. The van der Waals surface area contributed by atoms with E-state index < -0.39 is 0 Å².